The van der Waals surface area contributed by atoms with Crippen molar-refractivity contribution in [3.63, 3.8) is 0 Å². The van der Waals surface area contributed by atoms with Gasteiger partial charge in [-0.25, -0.2) is 4.18 Å². The maximum Gasteiger partial charge on any atom is 0.398 e. The maximum atomic E-state index is 10.2. The van der Waals surface area contributed by atoms with Gasteiger partial charge < -0.3 is 0 Å². The quantitative estimate of drug-likeness (QED) is 0.521. The summed E-state index contributed by atoms with van der Waals surface area (Å²) in [6, 6.07) is 0. The molecular weight excluding hydrogens is 180 g/mol. The fraction of sp³-hybridized carbons (Fsp3) is 0.714. The summed E-state index contributed by atoms with van der Waals surface area (Å²) in [6.07, 6.45) is 6.22. The van der Waals surface area contributed by atoms with E-state index in [1.165, 1.54) is 0 Å². The molecule has 0 fully saturated rings. The standard InChI is InChI=1S/C7H12O4S/c1-3-5-6-7(4-2)11-12(8,9)10/h2,7H,3,5-6H2,1H3,(H,8,9,10)/t7-/m0/s1. The molecule has 0 aromatic carbocycles. The molecule has 0 bridgehead atoms. The van der Waals surface area contributed by atoms with E-state index in [0.29, 0.717) is 6.42 Å². The van der Waals surface area contributed by atoms with Crippen LogP contribution in [0.25, 0.3) is 0 Å². The molecule has 0 aliphatic rings. The minimum atomic E-state index is -4.41. The molecule has 0 aliphatic heterocycles. The van der Waals surface area contributed by atoms with Crippen molar-refractivity contribution >= 4 is 10.4 Å². The molecule has 0 radical (unpaired) electrons. The average Bonchev–Trinajstić information content (AvgIpc) is 1.95. The van der Waals surface area contributed by atoms with E-state index in [4.69, 9.17) is 11.0 Å². The molecule has 0 saturated carbocycles. The summed E-state index contributed by atoms with van der Waals surface area (Å²) in [7, 11) is -4.41. The minimum absolute atomic E-state index is 0.437. The molecule has 4 nitrogen and oxygen atoms in total. The van der Waals surface area contributed by atoms with E-state index in [0.717, 1.165) is 12.8 Å². The Bertz CT molecular complexity index is 249. The Hall–Kier alpha value is -0.570. The molecule has 12 heavy (non-hydrogen) atoms. The summed E-state index contributed by atoms with van der Waals surface area (Å²) in [4.78, 5) is 0. The molecule has 1 atom stereocenters. The summed E-state index contributed by atoms with van der Waals surface area (Å²) in [5, 5.41) is 0. The van der Waals surface area contributed by atoms with Crippen LogP contribution in [0.3, 0.4) is 0 Å². The zero-order valence-corrected chi connectivity index (χ0v) is 7.67. The van der Waals surface area contributed by atoms with Gasteiger partial charge in [0.15, 0.2) is 0 Å². The average molecular weight is 192 g/mol. The molecule has 0 spiro atoms. The predicted octanol–water partition coefficient (Wildman–Crippen LogP) is 0.998. The lowest BCUT2D eigenvalue weighted by atomic mass is 10.2. The topological polar surface area (TPSA) is 63.6 Å². The fourth-order valence-corrected chi connectivity index (χ4v) is 1.14. The SMILES string of the molecule is C#C[C@@H](CCCC)OS(=O)(=O)O. The first-order valence-electron chi connectivity index (χ1n) is 3.61. The lowest BCUT2D eigenvalue weighted by Gasteiger charge is -2.07. The molecule has 0 heterocycles. The first-order valence-corrected chi connectivity index (χ1v) is 4.98. The molecule has 0 amide bonds. The second kappa shape index (κ2) is 5.14. The van der Waals surface area contributed by atoms with Crippen molar-refractivity contribution in [2.75, 3.05) is 0 Å². The highest BCUT2D eigenvalue weighted by atomic mass is 32.3. The lowest BCUT2D eigenvalue weighted by molar-refractivity contribution is 0.215. The Morgan fingerprint density at radius 3 is 2.58 bits per heavy atom. The van der Waals surface area contributed by atoms with Crippen molar-refractivity contribution in [2.24, 2.45) is 0 Å². The van der Waals surface area contributed by atoms with Gasteiger partial charge in [0.25, 0.3) is 0 Å². The number of hydrogen-bond acceptors (Lipinski definition) is 3. The summed E-state index contributed by atoms with van der Waals surface area (Å²) in [6.45, 7) is 1.95. The Morgan fingerprint density at radius 1 is 1.67 bits per heavy atom. The van der Waals surface area contributed by atoms with Crippen LogP contribution in [0.1, 0.15) is 26.2 Å². The Kier molecular flexibility index (Phi) is 4.90. The van der Waals surface area contributed by atoms with E-state index in [9.17, 15) is 8.42 Å². The Balaban J connectivity index is 3.95. The molecule has 5 heteroatoms. The van der Waals surface area contributed by atoms with Crippen molar-refractivity contribution in [1.29, 1.82) is 0 Å². The van der Waals surface area contributed by atoms with E-state index in [2.05, 4.69) is 10.1 Å². The van der Waals surface area contributed by atoms with Crippen molar-refractivity contribution in [1.82, 2.24) is 0 Å². The molecule has 0 unspecified atom stereocenters. The normalized spacial score (nSPS) is 13.8. The van der Waals surface area contributed by atoms with Gasteiger partial charge in [-0.15, -0.1) is 6.42 Å². The van der Waals surface area contributed by atoms with E-state index < -0.39 is 16.5 Å². The Labute approximate surface area is 72.9 Å². The van der Waals surface area contributed by atoms with Crippen molar-refractivity contribution in [3.05, 3.63) is 0 Å². The third-order valence-corrected chi connectivity index (χ3v) is 1.72. The van der Waals surface area contributed by atoms with E-state index >= 15 is 0 Å². The molecular formula is C7H12O4S. The molecule has 0 aliphatic carbocycles. The van der Waals surface area contributed by atoms with E-state index in [-0.39, 0.29) is 0 Å². The van der Waals surface area contributed by atoms with Gasteiger partial charge in [-0.2, -0.15) is 8.42 Å². The second-order valence-corrected chi connectivity index (χ2v) is 3.37. The van der Waals surface area contributed by atoms with Crippen LogP contribution in [0.5, 0.6) is 0 Å². The van der Waals surface area contributed by atoms with Crippen LogP contribution in [0.15, 0.2) is 0 Å². The van der Waals surface area contributed by atoms with Crippen molar-refractivity contribution in [3.8, 4) is 12.3 Å². The number of rotatable bonds is 5. The van der Waals surface area contributed by atoms with Gasteiger partial charge in [-0.3, -0.25) is 4.55 Å². The van der Waals surface area contributed by atoms with Crippen LogP contribution in [0.4, 0.5) is 0 Å². The third kappa shape index (κ3) is 6.16. The molecule has 0 saturated heterocycles. The molecule has 0 aromatic heterocycles. The van der Waals surface area contributed by atoms with Crippen LogP contribution in [-0.4, -0.2) is 19.1 Å². The van der Waals surface area contributed by atoms with Crippen LogP contribution < -0.4 is 0 Å². The van der Waals surface area contributed by atoms with E-state index in [1.54, 1.807) is 0 Å². The Morgan fingerprint density at radius 2 is 2.25 bits per heavy atom. The molecule has 0 aromatic rings. The van der Waals surface area contributed by atoms with E-state index in [1.807, 2.05) is 6.92 Å². The van der Waals surface area contributed by atoms with Gasteiger partial charge in [-0.1, -0.05) is 25.7 Å². The maximum absolute atomic E-state index is 10.2. The van der Waals surface area contributed by atoms with Crippen LogP contribution >= 0.6 is 0 Å². The third-order valence-electron chi connectivity index (χ3n) is 1.24. The van der Waals surface area contributed by atoms with Gasteiger partial charge in [0.05, 0.1) is 0 Å². The second-order valence-electron chi connectivity index (χ2n) is 2.32. The highest BCUT2D eigenvalue weighted by Gasteiger charge is 2.13. The zero-order valence-electron chi connectivity index (χ0n) is 6.86. The highest BCUT2D eigenvalue weighted by Crippen LogP contribution is 2.05. The summed E-state index contributed by atoms with van der Waals surface area (Å²) in [5.74, 6) is 2.13. The van der Waals surface area contributed by atoms with Gasteiger partial charge in [0.1, 0.15) is 6.10 Å². The number of unbranched alkanes of at least 4 members (excludes halogenated alkanes) is 1. The van der Waals surface area contributed by atoms with Crippen molar-refractivity contribution in [2.45, 2.75) is 32.3 Å². The number of terminal acetylenes is 1. The monoisotopic (exact) mass is 192 g/mol. The van der Waals surface area contributed by atoms with Crippen molar-refractivity contribution < 1.29 is 17.2 Å². The zero-order chi connectivity index (χ0) is 9.61. The number of hydrogen-bond donors (Lipinski definition) is 1. The summed E-state index contributed by atoms with van der Waals surface area (Å²) >= 11 is 0. The smallest absolute Gasteiger partial charge is 0.263 e. The van der Waals surface area contributed by atoms with Gasteiger partial charge in [-0.05, 0) is 6.42 Å². The summed E-state index contributed by atoms with van der Waals surface area (Å²) < 4.78 is 32.9. The lowest BCUT2D eigenvalue weighted by Crippen LogP contribution is -2.15. The molecule has 0 rings (SSSR count). The fourth-order valence-electron chi connectivity index (χ4n) is 0.696. The largest absolute Gasteiger partial charge is 0.398 e. The van der Waals surface area contributed by atoms with Crippen LogP contribution in [0, 0.1) is 12.3 Å². The highest BCUT2D eigenvalue weighted by molar-refractivity contribution is 7.80. The molecule has 1 N–H and O–H groups in total. The van der Waals surface area contributed by atoms with Gasteiger partial charge >= 0.3 is 10.4 Å². The molecule has 70 valence electrons. The van der Waals surface area contributed by atoms with Crippen LogP contribution in [-0.2, 0) is 14.6 Å². The summed E-state index contributed by atoms with van der Waals surface area (Å²) in [5.41, 5.74) is 0. The first kappa shape index (κ1) is 11.4. The minimum Gasteiger partial charge on any atom is -0.263 e. The van der Waals surface area contributed by atoms with Gasteiger partial charge in [0.2, 0.25) is 0 Å². The van der Waals surface area contributed by atoms with Crippen LogP contribution in [0.2, 0.25) is 0 Å². The van der Waals surface area contributed by atoms with Gasteiger partial charge in [0, 0.05) is 0 Å². The predicted molar refractivity (Wildman–Crippen MR) is 44.8 cm³/mol. The first-order chi connectivity index (χ1) is 5.49.